The first kappa shape index (κ1) is 28.4. The molecule has 0 amide bonds. The second kappa shape index (κ2) is 11.5. The number of carbonyl (C=O) groups excluding carboxylic acids is 1. The Morgan fingerprint density at radius 1 is 0.860 bits per heavy atom. The number of carbonyl (C=O) groups is 1. The molecule has 2 unspecified atom stereocenters. The molecule has 0 N–H and O–H groups in total. The van der Waals surface area contributed by atoms with Crippen LogP contribution in [-0.4, -0.2) is 30.2 Å². The number of benzene rings is 4. The summed E-state index contributed by atoms with van der Waals surface area (Å²) in [5.74, 6) is 1.13. The molecule has 6 heteroatoms. The second-order valence-electron chi connectivity index (χ2n) is 10.8. The molecule has 1 aromatic heterocycles. The Kier molecular flexibility index (Phi) is 7.61. The van der Waals surface area contributed by atoms with Gasteiger partial charge in [-0.1, -0.05) is 54.6 Å². The molecule has 0 aliphatic carbocycles. The molecule has 0 spiro atoms. The molecule has 43 heavy (non-hydrogen) atoms. The maximum atomic E-state index is 13.7. The van der Waals surface area contributed by atoms with Gasteiger partial charge >= 0.3 is 5.97 Å². The quantitative estimate of drug-likeness (QED) is 0.157. The molecule has 0 radical (unpaired) electrons. The number of esters is 1. The molecule has 0 fully saturated rings. The van der Waals surface area contributed by atoms with Crippen molar-refractivity contribution in [3.8, 4) is 11.5 Å². The minimum atomic E-state index is -1.23. The number of anilines is 1. The highest BCUT2D eigenvalue weighted by Crippen LogP contribution is 2.54. The summed E-state index contributed by atoms with van der Waals surface area (Å²) >= 11 is 0. The van der Waals surface area contributed by atoms with E-state index in [0.29, 0.717) is 17.9 Å². The van der Waals surface area contributed by atoms with Gasteiger partial charge in [0, 0.05) is 52.6 Å². The lowest BCUT2D eigenvalue weighted by Gasteiger charge is -2.33. The standard InChI is InChI=1S/C37H38N2O4/c1-6-38(7-2)27-22-23-32(34(24-27)41-8-3)37(31-20-14-12-18-29(31)36(40)43-37)35-25(4)39(33-21-15-13-19-30(33)35)26(5)42-28-16-10-9-11-17-28/h9-24,26H,6-8H2,1-5H3. The maximum Gasteiger partial charge on any atom is 0.340 e. The van der Waals surface area contributed by atoms with Crippen LogP contribution >= 0.6 is 0 Å². The molecule has 6 nitrogen and oxygen atoms in total. The van der Waals surface area contributed by atoms with Gasteiger partial charge in [-0.25, -0.2) is 4.79 Å². The monoisotopic (exact) mass is 574 g/mol. The van der Waals surface area contributed by atoms with Crippen LogP contribution in [-0.2, 0) is 10.3 Å². The Balaban J connectivity index is 1.66. The van der Waals surface area contributed by atoms with Crippen LogP contribution < -0.4 is 14.4 Å². The molecule has 0 saturated heterocycles. The lowest BCUT2D eigenvalue weighted by Crippen LogP contribution is -2.32. The van der Waals surface area contributed by atoms with Crippen molar-refractivity contribution >= 4 is 22.6 Å². The number of aromatic nitrogens is 1. The summed E-state index contributed by atoms with van der Waals surface area (Å²) < 4.78 is 21.6. The predicted octanol–water partition coefficient (Wildman–Crippen LogP) is 8.25. The molecule has 1 aliphatic rings. The highest BCUT2D eigenvalue weighted by atomic mass is 16.6. The molecule has 2 heterocycles. The molecule has 0 saturated carbocycles. The number of nitrogens with zero attached hydrogens (tertiary/aromatic N) is 2. The number of hydrogen-bond acceptors (Lipinski definition) is 5. The van der Waals surface area contributed by atoms with Gasteiger partial charge in [-0.3, -0.25) is 0 Å². The first-order valence-corrected chi connectivity index (χ1v) is 15.1. The zero-order valence-electron chi connectivity index (χ0n) is 25.5. The van der Waals surface area contributed by atoms with Crippen molar-refractivity contribution in [2.24, 2.45) is 0 Å². The Hall–Kier alpha value is -4.71. The maximum absolute atomic E-state index is 13.7. The lowest BCUT2D eigenvalue weighted by atomic mass is 9.78. The first-order chi connectivity index (χ1) is 20.9. The Bertz CT molecular complexity index is 1770. The zero-order chi connectivity index (χ0) is 30.1. The van der Waals surface area contributed by atoms with Crippen LogP contribution in [0, 0.1) is 6.92 Å². The normalized spacial score (nSPS) is 16.5. The first-order valence-electron chi connectivity index (χ1n) is 15.1. The summed E-state index contributed by atoms with van der Waals surface area (Å²) in [7, 11) is 0. The van der Waals surface area contributed by atoms with Gasteiger partial charge < -0.3 is 23.7 Å². The smallest absolute Gasteiger partial charge is 0.340 e. The zero-order valence-corrected chi connectivity index (χ0v) is 25.5. The van der Waals surface area contributed by atoms with E-state index in [9.17, 15) is 4.79 Å². The number of rotatable bonds is 10. The van der Waals surface area contributed by atoms with E-state index in [4.69, 9.17) is 14.2 Å². The molecule has 6 rings (SSSR count). The lowest BCUT2D eigenvalue weighted by molar-refractivity contribution is 0.0245. The fourth-order valence-corrected chi connectivity index (χ4v) is 6.65. The van der Waals surface area contributed by atoms with Crippen molar-refractivity contribution in [3.63, 3.8) is 0 Å². The van der Waals surface area contributed by atoms with E-state index < -0.39 is 5.60 Å². The van der Waals surface area contributed by atoms with E-state index in [2.05, 4.69) is 60.6 Å². The molecule has 220 valence electrons. The average Bonchev–Trinajstić information content (AvgIpc) is 3.49. The molecular formula is C37H38N2O4. The van der Waals surface area contributed by atoms with Crippen molar-refractivity contribution in [2.45, 2.75) is 46.4 Å². The number of cyclic esters (lactones) is 1. The van der Waals surface area contributed by atoms with Gasteiger partial charge in [0.25, 0.3) is 0 Å². The third kappa shape index (κ3) is 4.62. The van der Waals surface area contributed by atoms with E-state index in [1.54, 1.807) is 0 Å². The minimum Gasteiger partial charge on any atom is -0.493 e. The number of para-hydroxylation sites is 2. The van der Waals surface area contributed by atoms with Crippen LogP contribution in [0.1, 0.15) is 66.7 Å². The third-order valence-corrected chi connectivity index (χ3v) is 8.47. The van der Waals surface area contributed by atoms with E-state index >= 15 is 0 Å². The summed E-state index contributed by atoms with van der Waals surface area (Å²) in [5, 5.41) is 0.989. The van der Waals surface area contributed by atoms with Crippen LogP contribution in [0.25, 0.3) is 10.9 Å². The van der Waals surface area contributed by atoms with Crippen molar-refractivity contribution in [1.29, 1.82) is 0 Å². The van der Waals surface area contributed by atoms with Gasteiger partial charge in [-0.15, -0.1) is 0 Å². The largest absolute Gasteiger partial charge is 0.493 e. The Labute approximate surface area is 253 Å². The molecule has 2 atom stereocenters. The van der Waals surface area contributed by atoms with Gasteiger partial charge in [-0.05, 0) is 71.0 Å². The van der Waals surface area contributed by atoms with E-state index in [1.165, 1.54) is 0 Å². The summed E-state index contributed by atoms with van der Waals surface area (Å²) in [6.07, 6.45) is -0.332. The van der Waals surface area contributed by atoms with Crippen molar-refractivity contribution in [1.82, 2.24) is 4.57 Å². The fourth-order valence-electron chi connectivity index (χ4n) is 6.65. The second-order valence-corrected chi connectivity index (χ2v) is 10.8. The number of fused-ring (bicyclic) bond motifs is 2. The Morgan fingerprint density at radius 3 is 2.30 bits per heavy atom. The van der Waals surface area contributed by atoms with Gasteiger partial charge in [0.1, 0.15) is 11.5 Å². The van der Waals surface area contributed by atoms with Gasteiger partial charge in [0.2, 0.25) is 0 Å². The molecular weight excluding hydrogens is 536 g/mol. The molecule has 1 aliphatic heterocycles. The van der Waals surface area contributed by atoms with Crippen molar-refractivity contribution in [2.75, 3.05) is 24.6 Å². The average molecular weight is 575 g/mol. The van der Waals surface area contributed by atoms with Crippen LogP contribution in [0.3, 0.4) is 0 Å². The SMILES string of the molecule is CCOc1cc(N(CC)CC)ccc1C1(c2c(C)n(C(C)Oc3ccccc3)c3ccccc23)OC(=O)c2ccccc21. The molecule has 0 bridgehead atoms. The van der Waals surface area contributed by atoms with E-state index in [-0.39, 0.29) is 12.2 Å². The van der Waals surface area contributed by atoms with Crippen LogP contribution in [0.5, 0.6) is 11.5 Å². The van der Waals surface area contributed by atoms with E-state index in [1.807, 2.05) is 80.6 Å². The highest BCUT2D eigenvalue weighted by Gasteiger charge is 2.52. The van der Waals surface area contributed by atoms with Crippen molar-refractivity contribution < 1.29 is 19.0 Å². The van der Waals surface area contributed by atoms with Crippen LogP contribution in [0.2, 0.25) is 0 Å². The van der Waals surface area contributed by atoms with Crippen LogP contribution in [0.4, 0.5) is 5.69 Å². The van der Waals surface area contributed by atoms with Crippen LogP contribution in [0.15, 0.2) is 97.1 Å². The number of ether oxygens (including phenoxy) is 3. The van der Waals surface area contributed by atoms with Gasteiger partial charge in [0.05, 0.1) is 17.7 Å². The molecule has 5 aromatic rings. The summed E-state index contributed by atoms with van der Waals surface area (Å²) in [4.78, 5) is 16.0. The minimum absolute atomic E-state index is 0.332. The topological polar surface area (TPSA) is 52.9 Å². The summed E-state index contributed by atoms with van der Waals surface area (Å²) in [5.41, 5.74) is 4.84. The van der Waals surface area contributed by atoms with E-state index in [0.717, 1.165) is 57.8 Å². The predicted molar refractivity (Wildman–Crippen MR) is 171 cm³/mol. The van der Waals surface area contributed by atoms with Gasteiger partial charge in [-0.2, -0.15) is 0 Å². The molecule has 4 aromatic carbocycles. The fraction of sp³-hybridized carbons (Fsp3) is 0.270. The third-order valence-electron chi connectivity index (χ3n) is 8.47. The summed E-state index contributed by atoms with van der Waals surface area (Å²) in [6, 6.07) is 32.1. The highest BCUT2D eigenvalue weighted by molar-refractivity contribution is 5.99. The Morgan fingerprint density at radius 2 is 1.56 bits per heavy atom. The van der Waals surface area contributed by atoms with Crippen molar-refractivity contribution in [3.05, 3.63) is 125 Å². The number of hydrogen-bond donors (Lipinski definition) is 0. The summed E-state index contributed by atoms with van der Waals surface area (Å²) in [6.45, 7) is 12.6. The van der Waals surface area contributed by atoms with Gasteiger partial charge in [0.15, 0.2) is 11.8 Å².